The van der Waals surface area contributed by atoms with Gasteiger partial charge < -0.3 is 9.80 Å². The number of hydrogen-bond donors (Lipinski definition) is 0. The molecule has 0 fully saturated rings. The van der Waals surface area contributed by atoms with Gasteiger partial charge in [-0.25, -0.2) is 0 Å². The van der Waals surface area contributed by atoms with Crippen LogP contribution in [0.15, 0.2) is 243 Å². The third-order valence-electron chi connectivity index (χ3n) is 15.8. The monoisotopic (exact) mass is 948 g/mol. The number of benzene rings is 11. The van der Waals surface area contributed by atoms with Gasteiger partial charge in [0, 0.05) is 45.0 Å². The van der Waals surface area contributed by atoms with Gasteiger partial charge in [-0.2, -0.15) is 0 Å². The van der Waals surface area contributed by atoms with Crippen LogP contribution in [-0.4, -0.2) is 0 Å². The lowest BCUT2D eigenvalue weighted by atomic mass is 9.79. The lowest BCUT2D eigenvalue weighted by Crippen LogP contribution is -2.17. The average molecular weight is 949 g/mol. The van der Waals surface area contributed by atoms with E-state index in [-0.39, 0.29) is 10.8 Å². The highest BCUT2D eigenvalue weighted by Gasteiger charge is 2.41. The van der Waals surface area contributed by atoms with E-state index in [9.17, 15) is 0 Å². The first kappa shape index (κ1) is 44.9. The summed E-state index contributed by atoms with van der Waals surface area (Å²) >= 11 is 0. The van der Waals surface area contributed by atoms with Gasteiger partial charge >= 0.3 is 0 Å². The van der Waals surface area contributed by atoms with Crippen molar-refractivity contribution in [3.05, 3.63) is 287 Å². The van der Waals surface area contributed by atoms with E-state index in [0.717, 1.165) is 45.3 Å². The number of anilines is 6. The fourth-order valence-electron chi connectivity index (χ4n) is 11.7. The van der Waals surface area contributed by atoms with E-state index in [1.54, 1.807) is 0 Å². The molecule has 0 spiro atoms. The SMILES string of the molecule is CC1(C)c2cc(/C=C/c3ccc(N(c4ccccc4)c4ccc5ccccc5c4)cc3)ccc2-c2cc3c(cc21)-c1ccc(/C=C/c2ccc(N(c4ccccc4)c4ccc5ccccc5c4)cc2)cc1C3(C)C. The Kier molecular flexibility index (Phi) is 10.9. The van der Waals surface area contributed by atoms with Crippen LogP contribution in [0, 0.1) is 0 Å². The van der Waals surface area contributed by atoms with E-state index in [4.69, 9.17) is 0 Å². The highest BCUT2D eigenvalue weighted by atomic mass is 15.1. The Morgan fingerprint density at radius 2 is 0.554 bits per heavy atom. The molecule has 2 aliphatic carbocycles. The van der Waals surface area contributed by atoms with E-state index in [0.29, 0.717) is 0 Å². The molecule has 0 N–H and O–H groups in total. The first-order valence-electron chi connectivity index (χ1n) is 25.9. The maximum absolute atomic E-state index is 2.51. The van der Waals surface area contributed by atoms with E-state index < -0.39 is 0 Å². The highest BCUT2D eigenvalue weighted by Crippen LogP contribution is 2.56. The molecule has 0 saturated heterocycles. The Morgan fingerprint density at radius 3 is 0.959 bits per heavy atom. The Hall–Kier alpha value is -8.98. The summed E-state index contributed by atoms with van der Waals surface area (Å²) in [5, 5.41) is 4.94. The van der Waals surface area contributed by atoms with Gasteiger partial charge in [-0.1, -0.05) is 210 Å². The smallest absolute Gasteiger partial charge is 0.0468 e. The largest absolute Gasteiger partial charge is 0.310 e. The van der Waals surface area contributed by atoms with E-state index in [1.807, 2.05) is 0 Å². The molecule has 0 atom stereocenters. The third kappa shape index (κ3) is 7.91. The van der Waals surface area contributed by atoms with Gasteiger partial charge in [0.05, 0.1) is 0 Å². The molecule has 74 heavy (non-hydrogen) atoms. The molecular weight excluding hydrogens is 893 g/mol. The molecule has 354 valence electrons. The average Bonchev–Trinajstić information content (AvgIpc) is 3.80. The lowest BCUT2D eigenvalue weighted by Gasteiger charge is -2.26. The molecule has 0 radical (unpaired) electrons. The van der Waals surface area contributed by atoms with Gasteiger partial charge in [0.1, 0.15) is 0 Å². The van der Waals surface area contributed by atoms with Crippen LogP contribution in [0.3, 0.4) is 0 Å². The van der Waals surface area contributed by atoms with Crippen molar-refractivity contribution in [2.75, 3.05) is 9.80 Å². The van der Waals surface area contributed by atoms with Crippen LogP contribution in [-0.2, 0) is 10.8 Å². The number of para-hydroxylation sites is 2. The summed E-state index contributed by atoms with van der Waals surface area (Å²) in [7, 11) is 0. The number of nitrogens with zero attached hydrogens (tertiary/aromatic N) is 2. The van der Waals surface area contributed by atoms with Crippen molar-refractivity contribution in [3.63, 3.8) is 0 Å². The summed E-state index contributed by atoms with van der Waals surface area (Å²) < 4.78 is 0. The van der Waals surface area contributed by atoms with Crippen LogP contribution < -0.4 is 9.80 Å². The minimum absolute atomic E-state index is 0.145. The molecule has 11 aromatic carbocycles. The Bertz CT molecular complexity index is 3730. The fourth-order valence-corrected chi connectivity index (χ4v) is 11.7. The Morgan fingerprint density at radius 1 is 0.243 bits per heavy atom. The maximum Gasteiger partial charge on any atom is 0.0468 e. The van der Waals surface area contributed by atoms with Gasteiger partial charge in [-0.3, -0.25) is 0 Å². The summed E-state index contributed by atoms with van der Waals surface area (Å²) in [5.41, 5.74) is 22.2. The summed E-state index contributed by atoms with van der Waals surface area (Å²) in [5.74, 6) is 0. The first-order chi connectivity index (χ1) is 36.2. The van der Waals surface area contributed by atoms with Crippen LogP contribution in [0.5, 0.6) is 0 Å². The number of hydrogen-bond acceptors (Lipinski definition) is 2. The van der Waals surface area contributed by atoms with Gasteiger partial charge in [-0.15, -0.1) is 0 Å². The molecule has 0 aliphatic heterocycles. The quantitative estimate of drug-likeness (QED) is 0.126. The van der Waals surface area contributed by atoms with E-state index in [1.165, 1.54) is 77.2 Å². The molecule has 11 aromatic rings. The van der Waals surface area contributed by atoms with Crippen molar-refractivity contribution in [2.24, 2.45) is 0 Å². The van der Waals surface area contributed by atoms with Crippen molar-refractivity contribution in [3.8, 4) is 22.3 Å². The molecule has 0 amide bonds. The molecule has 2 aliphatic rings. The van der Waals surface area contributed by atoms with Crippen molar-refractivity contribution >= 4 is 80.0 Å². The minimum Gasteiger partial charge on any atom is -0.310 e. The van der Waals surface area contributed by atoms with Gasteiger partial charge in [0.25, 0.3) is 0 Å². The fraction of sp³-hybridized carbons (Fsp3) is 0.0833. The zero-order valence-corrected chi connectivity index (χ0v) is 42.3. The molecule has 13 rings (SSSR count). The van der Waals surface area contributed by atoms with Crippen LogP contribution in [0.1, 0.15) is 72.2 Å². The normalized spacial score (nSPS) is 13.8. The zero-order chi connectivity index (χ0) is 50.0. The Balaban J connectivity index is 0.737. The third-order valence-corrected chi connectivity index (χ3v) is 15.8. The summed E-state index contributed by atoms with van der Waals surface area (Å²) in [6.45, 7) is 9.59. The van der Waals surface area contributed by atoms with Gasteiger partial charge in [0.2, 0.25) is 0 Å². The Labute approximate surface area is 435 Å². The molecule has 2 nitrogen and oxygen atoms in total. The van der Waals surface area contributed by atoms with Crippen LogP contribution in [0.4, 0.5) is 34.1 Å². The molecule has 0 aromatic heterocycles. The van der Waals surface area contributed by atoms with Crippen LogP contribution >= 0.6 is 0 Å². The predicted molar refractivity (Wildman–Crippen MR) is 317 cm³/mol. The topological polar surface area (TPSA) is 6.48 Å². The van der Waals surface area contributed by atoms with Gasteiger partial charge in [-0.05, 0) is 173 Å². The molecule has 0 unspecified atom stereocenters. The molecular formula is C72H56N2. The lowest BCUT2D eigenvalue weighted by molar-refractivity contribution is 0.652. The van der Waals surface area contributed by atoms with Crippen LogP contribution in [0.25, 0.3) is 68.1 Å². The second-order valence-electron chi connectivity index (χ2n) is 21.1. The number of rotatable bonds is 10. The molecule has 0 heterocycles. The molecule has 0 bridgehead atoms. The molecule has 2 heteroatoms. The van der Waals surface area contributed by atoms with E-state index >= 15 is 0 Å². The van der Waals surface area contributed by atoms with Crippen molar-refractivity contribution in [2.45, 2.75) is 38.5 Å². The molecule has 0 saturated carbocycles. The second-order valence-corrected chi connectivity index (χ2v) is 21.1. The maximum atomic E-state index is 2.51. The van der Waals surface area contributed by atoms with Gasteiger partial charge in [0.15, 0.2) is 0 Å². The minimum atomic E-state index is -0.145. The number of fused-ring (bicyclic) bond motifs is 8. The van der Waals surface area contributed by atoms with E-state index in [2.05, 4.69) is 304 Å². The summed E-state index contributed by atoms with van der Waals surface area (Å²) in [6, 6.07) is 88.7. The zero-order valence-electron chi connectivity index (χ0n) is 42.3. The van der Waals surface area contributed by atoms with Crippen molar-refractivity contribution in [1.82, 2.24) is 0 Å². The highest BCUT2D eigenvalue weighted by molar-refractivity contribution is 5.93. The first-order valence-corrected chi connectivity index (χ1v) is 25.9. The van der Waals surface area contributed by atoms with Crippen molar-refractivity contribution in [1.29, 1.82) is 0 Å². The summed E-state index contributed by atoms with van der Waals surface area (Å²) in [4.78, 5) is 4.67. The van der Waals surface area contributed by atoms with Crippen LogP contribution in [0.2, 0.25) is 0 Å². The predicted octanol–water partition coefficient (Wildman–Crippen LogP) is 19.9. The standard InChI is InChI=1S/C72H56N2/c1-71(2)67-43-51(25-23-49-27-35-59(36-28-49)73(57-19-7-5-8-20-57)61-39-33-53-15-11-13-17-55(53)45-61)31-41-63(67)65-48-70-66(47-69(65)71)64-42-32-52(44-68(64)72(70,3)4)26-24-50-29-37-60(38-30-50)74(58-21-9-6-10-22-58)62-40-34-54-16-12-14-18-56(54)46-62/h5-48H,1-4H3/b25-23+,26-24+. The second kappa shape index (κ2) is 17.9. The summed E-state index contributed by atoms with van der Waals surface area (Å²) in [6.07, 6.45) is 9.01. The van der Waals surface area contributed by atoms with Crippen molar-refractivity contribution < 1.29 is 0 Å².